The SMILES string of the molecule is N#Cc1cc(-c2ccc(Cl)cc2)cn(Cc2ccc(F)cc2)c1=O. The standard InChI is InChI=1S/C19H12ClFN2O/c20-17-5-3-14(4-6-17)16-9-15(10-22)19(24)23(12-16)11-13-1-7-18(21)8-2-13/h1-9,12H,11H2. The van der Waals surface area contributed by atoms with Gasteiger partial charge in [0.05, 0.1) is 6.54 Å². The Kier molecular flexibility index (Phi) is 4.45. The Balaban J connectivity index is 2.06. The molecule has 3 nitrogen and oxygen atoms in total. The van der Waals surface area contributed by atoms with Crippen LogP contribution in [0.5, 0.6) is 0 Å². The predicted octanol–water partition coefficient (Wildman–Crippen LogP) is 4.23. The first-order valence-corrected chi connectivity index (χ1v) is 7.59. The lowest BCUT2D eigenvalue weighted by atomic mass is 10.1. The summed E-state index contributed by atoms with van der Waals surface area (Å²) >= 11 is 5.90. The first-order chi connectivity index (χ1) is 11.6. The molecule has 0 spiro atoms. The van der Waals surface area contributed by atoms with E-state index < -0.39 is 0 Å². The van der Waals surface area contributed by atoms with Gasteiger partial charge in [-0.2, -0.15) is 5.26 Å². The van der Waals surface area contributed by atoms with E-state index in [1.807, 2.05) is 18.2 Å². The van der Waals surface area contributed by atoms with Crippen molar-refractivity contribution in [3.63, 3.8) is 0 Å². The van der Waals surface area contributed by atoms with Crippen molar-refractivity contribution >= 4 is 11.6 Å². The van der Waals surface area contributed by atoms with Crippen molar-refractivity contribution < 1.29 is 4.39 Å². The second-order valence-corrected chi connectivity index (χ2v) is 5.76. The molecule has 0 unspecified atom stereocenters. The van der Waals surface area contributed by atoms with Gasteiger partial charge in [0.25, 0.3) is 5.56 Å². The van der Waals surface area contributed by atoms with Crippen molar-refractivity contribution in [1.82, 2.24) is 4.57 Å². The first-order valence-electron chi connectivity index (χ1n) is 7.22. The molecule has 0 aliphatic carbocycles. The van der Waals surface area contributed by atoms with Crippen LogP contribution in [0.1, 0.15) is 11.1 Å². The van der Waals surface area contributed by atoms with Gasteiger partial charge in [-0.15, -0.1) is 0 Å². The highest BCUT2D eigenvalue weighted by atomic mass is 35.5. The van der Waals surface area contributed by atoms with Crippen LogP contribution in [0.2, 0.25) is 5.02 Å². The maximum Gasteiger partial charge on any atom is 0.268 e. The fourth-order valence-electron chi connectivity index (χ4n) is 2.42. The lowest BCUT2D eigenvalue weighted by molar-refractivity contribution is 0.626. The molecule has 0 radical (unpaired) electrons. The number of hydrogen-bond donors (Lipinski definition) is 0. The number of benzene rings is 2. The zero-order valence-corrected chi connectivity index (χ0v) is 13.3. The third-order valence-electron chi connectivity index (χ3n) is 3.65. The second-order valence-electron chi connectivity index (χ2n) is 5.32. The summed E-state index contributed by atoms with van der Waals surface area (Å²) in [4.78, 5) is 12.4. The molecule has 0 aliphatic heterocycles. The Morgan fingerprint density at radius 1 is 1.04 bits per heavy atom. The highest BCUT2D eigenvalue weighted by Gasteiger charge is 2.09. The van der Waals surface area contributed by atoms with Crippen molar-refractivity contribution in [3.05, 3.63) is 93.1 Å². The molecule has 24 heavy (non-hydrogen) atoms. The summed E-state index contributed by atoms with van der Waals surface area (Å²) in [5.41, 5.74) is 2.05. The molecule has 3 rings (SSSR count). The number of halogens is 2. The van der Waals surface area contributed by atoms with Crippen molar-refractivity contribution in [2.75, 3.05) is 0 Å². The average molecular weight is 339 g/mol. The second kappa shape index (κ2) is 6.69. The Morgan fingerprint density at radius 2 is 1.71 bits per heavy atom. The summed E-state index contributed by atoms with van der Waals surface area (Å²) in [6.45, 7) is 0.259. The van der Waals surface area contributed by atoms with E-state index in [4.69, 9.17) is 11.6 Å². The van der Waals surface area contributed by atoms with Crippen LogP contribution in [0.4, 0.5) is 4.39 Å². The first kappa shape index (κ1) is 16.0. The molecule has 0 fully saturated rings. The van der Waals surface area contributed by atoms with Crippen LogP contribution >= 0.6 is 11.6 Å². The minimum Gasteiger partial charge on any atom is -0.309 e. The van der Waals surface area contributed by atoms with Gasteiger partial charge in [0, 0.05) is 11.2 Å². The maximum atomic E-state index is 13.0. The summed E-state index contributed by atoms with van der Waals surface area (Å²) in [6, 6.07) is 16.6. The highest BCUT2D eigenvalue weighted by molar-refractivity contribution is 6.30. The van der Waals surface area contributed by atoms with Gasteiger partial charge in [-0.1, -0.05) is 35.9 Å². The van der Waals surface area contributed by atoms with Crippen LogP contribution in [0.3, 0.4) is 0 Å². The number of hydrogen-bond acceptors (Lipinski definition) is 2. The summed E-state index contributed by atoms with van der Waals surface area (Å²) < 4.78 is 14.5. The molecule has 5 heteroatoms. The van der Waals surface area contributed by atoms with Crippen LogP contribution in [0, 0.1) is 17.1 Å². The van der Waals surface area contributed by atoms with Gasteiger partial charge < -0.3 is 4.57 Å². The largest absolute Gasteiger partial charge is 0.309 e. The van der Waals surface area contributed by atoms with Gasteiger partial charge in [-0.25, -0.2) is 4.39 Å². The van der Waals surface area contributed by atoms with Crippen molar-refractivity contribution in [2.24, 2.45) is 0 Å². The normalized spacial score (nSPS) is 10.4. The van der Waals surface area contributed by atoms with Gasteiger partial charge in [0.2, 0.25) is 0 Å². The molecular formula is C19H12ClFN2O. The molecule has 0 N–H and O–H groups in total. The van der Waals surface area contributed by atoms with E-state index in [2.05, 4.69) is 0 Å². The Labute approximate surface area is 143 Å². The molecule has 0 saturated carbocycles. The van der Waals surface area contributed by atoms with Crippen molar-refractivity contribution in [2.45, 2.75) is 6.54 Å². The number of rotatable bonds is 3. The summed E-state index contributed by atoms with van der Waals surface area (Å²) in [5, 5.41) is 9.84. The van der Waals surface area contributed by atoms with Gasteiger partial charge in [-0.05, 0) is 47.0 Å². The quantitative estimate of drug-likeness (QED) is 0.717. The van der Waals surface area contributed by atoms with Gasteiger partial charge in [-0.3, -0.25) is 4.79 Å². The van der Waals surface area contributed by atoms with Crippen molar-refractivity contribution in [3.8, 4) is 17.2 Å². The number of nitrogens with zero attached hydrogens (tertiary/aromatic N) is 2. The molecule has 2 aromatic carbocycles. The number of aromatic nitrogens is 1. The lowest BCUT2D eigenvalue weighted by Gasteiger charge is -2.10. The molecule has 0 atom stereocenters. The molecule has 0 bridgehead atoms. The van der Waals surface area contributed by atoms with Gasteiger partial charge in [0.15, 0.2) is 0 Å². The Morgan fingerprint density at radius 3 is 2.33 bits per heavy atom. The smallest absolute Gasteiger partial charge is 0.268 e. The molecule has 0 saturated heterocycles. The van der Waals surface area contributed by atoms with E-state index in [0.29, 0.717) is 5.02 Å². The third kappa shape index (κ3) is 3.37. The zero-order chi connectivity index (χ0) is 17.1. The van der Waals surface area contributed by atoms with Crippen LogP contribution in [-0.2, 0) is 6.54 Å². The van der Waals surface area contributed by atoms with Gasteiger partial charge in [0.1, 0.15) is 17.4 Å². The molecule has 0 amide bonds. The predicted molar refractivity (Wildman–Crippen MR) is 91.4 cm³/mol. The van der Waals surface area contributed by atoms with E-state index in [-0.39, 0.29) is 23.5 Å². The topological polar surface area (TPSA) is 45.8 Å². The van der Waals surface area contributed by atoms with Crippen LogP contribution < -0.4 is 5.56 Å². The summed E-state index contributed by atoms with van der Waals surface area (Å²) in [6.07, 6.45) is 1.69. The molecule has 0 aliphatic rings. The Bertz CT molecular complexity index is 970. The Hall–Kier alpha value is -2.90. The average Bonchev–Trinajstić information content (AvgIpc) is 2.59. The van der Waals surface area contributed by atoms with E-state index in [1.165, 1.54) is 16.7 Å². The fraction of sp³-hybridized carbons (Fsp3) is 0.0526. The third-order valence-corrected chi connectivity index (χ3v) is 3.90. The number of pyridine rings is 1. The lowest BCUT2D eigenvalue weighted by Crippen LogP contribution is -2.22. The maximum absolute atomic E-state index is 13.0. The van der Waals surface area contributed by atoms with Gasteiger partial charge >= 0.3 is 0 Å². The molecular weight excluding hydrogens is 327 g/mol. The minimum absolute atomic E-state index is 0.0598. The van der Waals surface area contributed by atoms with E-state index >= 15 is 0 Å². The van der Waals surface area contributed by atoms with E-state index in [0.717, 1.165) is 16.7 Å². The molecule has 1 aromatic heterocycles. The monoisotopic (exact) mass is 338 g/mol. The highest BCUT2D eigenvalue weighted by Crippen LogP contribution is 2.21. The van der Waals surface area contributed by atoms with E-state index in [9.17, 15) is 14.4 Å². The van der Waals surface area contributed by atoms with Crippen LogP contribution in [0.25, 0.3) is 11.1 Å². The summed E-state index contributed by atoms with van der Waals surface area (Å²) in [5.74, 6) is -0.335. The van der Waals surface area contributed by atoms with Crippen LogP contribution in [-0.4, -0.2) is 4.57 Å². The number of nitriles is 1. The molecule has 118 valence electrons. The molecule has 1 heterocycles. The van der Waals surface area contributed by atoms with Crippen molar-refractivity contribution in [1.29, 1.82) is 5.26 Å². The molecule has 3 aromatic rings. The minimum atomic E-state index is -0.375. The van der Waals surface area contributed by atoms with Crippen LogP contribution in [0.15, 0.2) is 65.6 Å². The summed E-state index contributed by atoms with van der Waals surface area (Å²) in [7, 11) is 0. The zero-order valence-electron chi connectivity index (χ0n) is 12.5. The van der Waals surface area contributed by atoms with E-state index in [1.54, 1.807) is 36.5 Å². The fourth-order valence-corrected chi connectivity index (χ4v) is 2.55.